The van der Waals surface area contributed by atoms with Crippen molar-refractivity contribution in [1.82, 2.24) is 0 Å². The molecule has 1 aromatic rings. The molecule has 1 aliphatic heterocycles. The second kappa shape index (κ2) is 4.39. The van der Waals surface area contributed by atoms with Crippen molar-refractivity contribution in [2.24, 2.45) is 0 Å². The molecule has 0 radical (unpaired) electrons. The monoisotopic (exact) mass is 229 g/mol. The van der Waals surface area contributed by atoms with Crippen LogP contribution in [0.2, 0.25) is 0 Å². The Morgan fingerprint density at radius 3 is 2.73 bits per heavy atom. The van der Waals surface area contributed by atoms with E-state index in [4.69, 9.17) is 0 Å². The molecular weight excluding hydrogens is 216 g/mol. The Labute approximate surface area is 92.3 Å². The number of benzene rings is 1. The van der Waals surface area contributed by atoms with E-state index in [-0.39, 0.29) is 0 Å². The van der Waals surface area contributed by atoms with Gasteiger partial charge in [0.25, 0.3) is 0 Å². The van der Waals surface area contributed by atoms with Crippen molar-refractivity contribution >= 4 is 17.4 Å². The zero-order valence-corrected chi connectivity index (χ0v) is 9.28. The number of halogens is 2. The number of nitrogens with one attached hydrogen (secondary N) is 1. The summed E-state index contributed by atoms with van der Waals surface area (Å²) in [7, 11) is 0. The van der Waals surface area contributed by atoms with Gasteiger partial charge in [0.05, 0.1) is 0 Å². The van der Waals surface area contributed by atoms with E-state index in [1.165, 1.54) is 6.07 Å². The third-order valence-electron chi connectivity index (χ3n) is 2.49. The van der Waals surface area contributed by atoms with Gasteiger partial charge in [-0.25, -0.2) is 8.78 Å². The van der Waals surface area contributed by atoms with E-state index in [0.29, 0.717) is 17.0 Å². The fourth-order valence-corrected chi connectivity index (χ4v) is 2.89. The fourth-order valence-electron chi connectivity index (χ4n) is 1.74. The molecule has 0 bridgehead atoms. The van der Waals surface area contributed by atoms with Crippen LogP contribution in [0, 0.1) is 11.6 Å². The first-order valence-corrected chi connectivity index (χ1v) is 6.03. The van der Waals surface area contributed by atoms with E-state index in [1.54, 1.807) is 6.07 Å². The lowest BCUT2D eigenvalue weighted by molar-refractivity contribution is 0.509. The highest BCUT2D eigenvalue weighted by Crippen LogP contribution is 2.28. The van der Waals surface area contributed by atoms with Gasteiger partial charge in [0.15, 0.2) is 11.6 Å². The number of thioether (sulfide) groups is 1. The van der Waals surface area contributed by atoms with Gasteiger partial charge in [-0.2, -0.15) is 11.8 Å². The summed E-state index contributed by atoms with van der Waals surface area (Å²) in [6, 6.07) is 4.31. The number of rotatable bonds is 2. The van der Waals surface area contributed by atoms with Gasteiger partial charge in [0.2, 0.25) is 0 Å². The highest BCUT2D eigenvalue weighted by atomic mass is 32.2. The lowest BCUT2D eigenvalue weighted by Crippen LogP contribution is -2.18. The van der Waals surface area contributed by atoms with Crippen molar-refractivity contribution in [3.8, 4) is 0 Å². The summed E-state index contributed by atoms with van der Waals surface area (Å²) in [6.07, 6.45) is 1.07. The first-order valence-electron chi connectivity index (χ1n) is 4.98. The van der Waals surface area contributed by atoms with E-state index in [2.05, 4.69) is 12.2 Å². The van der Waals surface area contributed by atoms with E-state index in [1.807, 2.05) is 11.8 Å². The Hall–Kier alpha value is -0.770. The Kier molecular flexibility index (Phi) is 3.14. The van der Waals surface area contributed by atoms with Crippen LogP contribution in [0.3, 0.4) is 0 Å². The van der Waals surface area contributed by atoms with Gasteiger partial charge in [0, 0.05) is 28.8 Å². The van der Waals surface area contributed by atoms with Gasteiger partial charge in [-0.3, -0.25) is 0 Å². The maximum absolute atomic E-state index is 12.9. The average Bonchev–Trinajstić information content (AvgIpc) is 2.58. The normalized spacial score (nSPS) is 25.5. The zero-order valence-electron chi connectivity index (χ0n) is 8.47. The maximum atomic E-state index is 12.9. The molecule has 82 valence electrons. The fraction of sp³-hybridized carbons (Fsp3) is 0.455. The highest BCUT2D eigenvalue weighted by molar-refractivity contribution is 8.00. The molecule has 0 amide bonds. The molecule has 1 aromatic carbocycles. The summed E-state index contributed by atoms with van der Waals surface area (Å²) in [6.45, 7) is 2.18. The van der Waals surface area contributed by atoms with Crippen molar-refractivity contribution < 1.29 is 8.78 Å². The van der Waals surface area contributed by atoms with Crippen LogP contribution in [-0.2, 0) is 0 Å². The van der Waals surface area contributed by atoms with Gasteiger partial charge in [-0.1, -0.05) is 6.92 Å². The van der Waals surface area contributed by atoms with Crippen LogP contribution in [0.15, 0.2) is 18.2 Å². The Balaban J connectivity index is 2.02. The van der Waals surface area contributed by atoms with Crippen LogP contribution >= 0.6 is 11.8 Å². The number of hydrogen-bond acceptors (Lipinski definition) is 2. The summed E-state index contributed by atoms with van der Waals surface area (Å²) in [5, 5.41) is 3.86. The van der Waals surface area contributed by atoms with Crippen molar-refractivity contribution in [2.45, 2.75) is 24.6 Å². The Morgan fingerprint density at radius 1 is 1.33 bits per heavy atom. The van der Waals surface area contributed by atoms with Crippen molar-refractivity contribution in [3.05, 3.63) is 29.8 Å². The van der Waals surface area contributed by atoms with Crippen LogP contribution in [0.5, 0.6) is 0 Å². The molecule has 15 heavy (non-hydrogen) atoms. The molecule has 0 aliphatic carbocycles. The van der Waals surface area contributed by atoms with Crippen LogP contribution in [0.4, 0.5) is 14.5 Å². The van der Waals surface area contributed by atoms with Crippen molar-refractivity contribution in [2.75, 3.05) is 11.1 Å². The van der Waals surface area contributed by atoms with Crippen LogP contribution in [0.1, 0.15) is 13.3 Å². The molecule has 0 spiro atoms. The minimum Gasteiger partial charge on any atom is -0.381 e. The van der Waals surface area contributed by atoms with E-state index < -0.39 is 11.6 Å². The van der Waals surface area contributed by atoms with Crippen LogP contribution in [-0.4, -0.2) is 17.0 Å². The molecule has 1 nitrogen and oxygen atoms in total. The maximum Gasteiger partial charge on any atom is 0.160 e. The molecular formula is C11H13F2NS. The Morgan fingerprint density at radius 2 is 2.13 bits per heavy atom. The van der Waals surface area contributed by atoms with Gasteiger partial charge in [0.1, 0.15) is 0 Å². The first-order chi connectivity index (χ1) is 7.15. The zero-order chi connectivity index (χ0) is 10.8. The third-order valence-corrected chi connectivity index (χ3v) is 3.85. The lowest BCUT2D eigenvalue weighted by Gasteiger charge is -2.13. The standard InChI is InChI=1S/C11H13F2NS/c1-7-4-9(6-15-7)14-8-2-3-10(12)11(13)5-8/h2-3,5,7,9,14H,4,6H2,1H3. The molecule has 4 heteroatoms. The molecule has 1 heterocycles. The second-order valence-electron chi connectivity index (χ2n) is 3.85. The Bertz CT molecular complexity index is 356. The molecule has 2 atom stereocenters. The van der Waals surface area contributed by atoms with Crippen molar-refractivity contribution in [3.63, 3.8) is 0 Å². The molecule has 1 saturated heterocycles. The lowest BCUT2D eigenvalue weighted by atomic mass is 10.2. The van der Waals surface area contributed by atoms with Gasteiger partial charge < -0.3 is 5.32 Å². The quantitative estimate of drug-likeness (QED) is 0.835. The highest BCUT2D eigenvalue weighted by Gasteiger charge is 2.21. The van der Waals surface area contributed by atoms with Crippen molar-refractivity contribution in [1.29, 1.82) is 0 Å². The minimum atomic E-state index is -0.797. The average molecular weight is 229 g/mol. The summed E-state index contributed by atoms with van der Waals surface area (Å²) >= 11 is 1.90. The summed E-state index contributed by atoms with van der Waals surface area (Å²) in [5.74, 6) is -0.561. The van der Waals surface area contributed by atoms with Gasteiger partial charge in [-0.15, -0.1) is 0 Å². The second-order valence-corrected chi connectivity index (χ2v) is 5.32. The third kappa shape index (κ3) is 2.62. The van der Waals surface area contributed by atoms with Gasteiger partial charge >= 0.3 is 0 Å². The molecule has 2 unspecified atom stereocenters. The van der Waals surface area contributed by atoms with Crippen LogP contribution in [0.25, 0.3) is 0 Å². The summed E-state index contributed by atoms with van der Waals surface area (Å²) < 4.78 is 25.6. The SMILES string of the molecule is CC1CC(Nc2ccc(F)c(F)c2)CS1. The number of hydrogen-bond donors (Lipinski definition) is 1. The predicted molar refractivity (Wildman–Crippen MR) is 60.3 cm³/mol. The molecule has 1 fully saturated rings. The smallest absolute Gasteiger partial charge is 0.160 e. The first kappa shape index (κ1) is 10.7. The topological polar surface area (TPSA) is 12.0 Å². The molecule has 2 rings (SSSR count). The molecule has 1 aliphatic rings. The predicted octanol–water partition coefficient (Wildman–Crippen LogP) is 3.27. The van der Waals surface area contributed by atoms with E-state index >= 15 is 0 Å². The summed E-state index contributed by atoms with van der Waals surface area (Å²) in [5.41, 5.74) is 0.661. The molecule has 0 saturated carbocycles. The number of anilines is 1. The summed E-state index contributed by atoms with van der Waals surface area (Å²) in [4.78, 5) is 0. The van der Waals surface area contributed by atoms with Gasteiger partial charge in [-0.05, 0) is 18.6 Å². The minimum absolute atomic E-state index is 0.370. The molecule has 1 N–H and O–H groups in total. The van der Waals surface area contributed by atoms with E-state index in [0.717, 1.165) is 18.2 Å². The van der Waals surface area contributed by atoms with E-state index in [9.17, 15) is 8.78 Å². The molecule has 0 aromatic heterocycles. The van der Waals surface area contributed by atoms with Crippen LogP contribution < -0.4 is 5.32 Å². The largest absolute Gasteiger partial charge is 0.381 e.